The molecule has 0 saturated carbocycles. The van der Waals surface area contributed by atoms with Crippen molar-refractivity contribution in [2.24, 2.45) is 5.41 Å². The molecule has 0 radical (unpaired) electrons. The number of nitrogens with zero attached hydrogens (tertiary/aromatic N) is 1. The van der Waals surface area contributed by atoms with E-state index in [9.17, 15) is 13.5 Å². The number of nitrogens with one attached hydrogen (secondary N) is 1. The highest BCUT2D eigenvalue weighted by Crippen LogP contribution is 2.23. The SMILES string of the molecule is CC(C)(C)CC(O)CNS(=O)(=O)c1cc(Br)cnc1Cl. The van der Waals surface area contributed by atoms with Gasteiger partial charge in [0.2, 0.25) is 10.0 Å². The van der Waals surface area contributed by atoms with E-state index >= 15 is 0 Å². The van der Waals surface area contributed by atoms with Crippen molar-refractivity contribution in [2.75, 3.05) is 6.54 Å². The van der Waals surface area contributed by atoms with Gasteiger partial charge in [-0.1, -0.05) is 32.4 Å². The summed E-state index contributed by atoms with van der Waals surface area (Å²) in [7, 11) is -3.80. The van der Waals surface area contributed by atoms with Crippen LogP contribution in [0.1, 0.15) is 27.2 Å². The van der Waals surface area contributed by atoms with Crippen LogP contribution in [0.4, 0.5) is 0 Å². The van der Waals surface area contributed by atoms with Gasteiger partial charge in [0.15, 0.2) is 0 Å². The number of sulfonamides is 1. The molecule has 114 valence electrons. The first-order chi connectivity index (χ1) is 9.01. The third kappa shape index (κ3) is 5.65. The fourth-order valence-corrected chi connectivity index (χ4v) is 3.67. The number of hydrogen-bond acceptors (Lipinski definition) is 4. The van der Waals surface area contributed by atoms with Gasteiger partial charge in [-0.05, 0) is 33.8 Å². The van der Waals surface area contributed by atoms with Crippen LogP contribution in [-0.4, -0.2) is 31.2 Å². The maximum atomic E-state index is 12.1. The van der Waals surface area contributed by atoms with Crippen LogP contribution in [0.5, 0.6) is 0 Å². The second-order valence-electron chi connectivity index (χ2n) is 5.71. The molecular formula is C12H18BrClN2O3S. The van der Waals surface area contributed by atoms with Gasteiger partial charge in [-0.2, -0.15) is 0 Å². The largest absolute Gasteiger partial charge is 0.392 e. The summed E-state index contributed by atoms with van der Waals surface area (Å²) in [6.07, 6.45) is 1.14. The molecule has 0 bridgehead atoms. The average molecular weight is 386 g/mol. The molecule has 0 aliphatic carbocycles. The normalized spacial score (nSPS) is 14.3. The van der Waals surface area contributed by atoms with Gasteiger partial charge in [0.25, 0.3) is 0 Å². The van der Waals surface area contributed by atoms with E-state index < -0.39 is 16.1 Å². The Morgan fingerprint density at radius 2 is 2.10 bits per heavy atom. The smallest absolute Gasteiger partial charge is 0.243 e. The Balaban J connectivity index is 2.78. The van der Waals surface area contributed by atoms with Crippen molar-refractivity contribution < 1.29 is 13.5 Å². The fourth-order valence-electron chi connectivity index (χ4n) is 1.66. The second kappa shape index (κ2) is 6.70. The first kappa shape index (κ1) is 17.8. The molecule has 1 heterocycles. The summed E-state index contributed by atoms with van der Waals surface area (Å²) in [5, 5.41) is 9.73. The zero-order valence-electron chi connectivity index (χ0n) is 11.5. The minimum absolute atomic E-state index is 0.0670. The van der Waals surface area contributed by atoms with Crippen molar-refractivity contribution in [3.63, 3.8) is 0 Å². The minimum Gasteiger partial charge on any atom is -0.392 e. The molecule has 0 aromatic carbocycles. The summed E-state index contributed by atoms with van der Waals surface area (Å²) in [4.78, 5) is 3.65. The lowest BCUT2D eigenvalue weighted by Gasteiger charge is -2.22. The van der Waals surface area contributed by atoms with E-state index in [1.54, 1.807) is 0 Å². The lowest BCUT2D eigenvalue weighted by Crippen LogP contribution is -2.34. The average Bonchev–Trinajstić information content (AvgIpc) is 2.27. The lowest BCUT2D eigenvalue weighted by atomic mass is 9.89. The Labute approximate surface area is 132 Å². The maximum Gasteiger partial charge on any atom is 0.243 e. The fraction of sp³-hybridized carbons (Fsp3) is 0.583. The zero-order valence-corrected chi connectivity index (χ0v) is 14.7. The highest BCUT2D eigenvalue weighted by atomic mass is 79.9. The third-order valence-electron chi connectivity index (χ3n) is 2.42. The van der Waals surface area contributed by atoms with E-state index in [0.29, 0.717) is 10.9 Å². The van der Waals surface area contributed by atoms with E-state index in [1.807, 2.05) is 20.8 Å². The van der Waals surface area contributed by atoms with Crippen LogP contribution in [0.3, 0.4) is 0 Å². The number of aliphatic hydroxyl groups excluding tert-OH is 1. The van der Waals surface area contributed by atoms with Crippen molar-refractivity contribution >= 4 is 37.6 Å². The summed E-state index contributed by atoms with van der Waals surface area (Å²) in [6, 6.07) is 1.37. The number of halogens is 2. The van der Waals surface area contributed by atoms with Crippen LogP contribution >= 0.6 is 27.5 Å². The molecule has 1 rings (SSSR count). The molecule has 1 aromatic heterocycles. The number of aliphatic hydroxyl groups is 1. The number of hydrogen-bond donors (Lipinski definition) is 2. The minimum atomic E-state index is -3.80. The molecule has 8 heteroatoms. The Kier molecular flexibility index (Phi) is 5.98. The molecule has 1 aromatic rings. The van der Waals surface area contributed by atoms with Crippen molar-refractivity contribution in [1.82, 2.24) is 9.71 Å². The van der Waals surface area contributed by atoms with Gasteiger partial charge < -0.3 is 5.11 Å². The zero-order chi connectivity index (χ0) is 15.6. The summed E-state index contributed by atoms with van der Waals surface area (Å²) < 4.78 is 27.1. The predicted octanol–water partition coefficient (Wildman–Crippen LogP) is 2.57. The molecule has 0 amide bonds. The number of aromatic nitrogens is 1. The first-order valence-electron chi connectivity index (χ1n) is 6.00. The summed E-state index contributed by atoms with van der Waals surface area (Å²) >= 11 is 8.93. The van der Waals surface area contributed by atoms with Gasteiger partial charge in [0.1, 0.15) is 10.0 Å². The van der Waals surface area contributed by atoms with Crippen molar-refractivity contribution in [3.05, 3.63) is 21.9 Å². The molecule has 5 nitrogen and oxygen atoms in total. The highest BCUT2D eigenvalue weighted by molar-refractivity contribution is 9.10. The Morgan fingerprint density at radius 1 is 1.50 bits per heavy atom. The summed E-state index contributed by atoms with van der Waals surface area (Å²) in [5.41, 5.74) is -0.0835. The van der Waals surface area contributed by atoms with Gasteiger partial charge in [0.05, 0.1) is 6.10 Å². The van der Waals surface area contributed by atoms with E-state index in [-0.39, 0.29) is 22.0 Å². The molecule has 0 saturated heterocycles. The molecule has 1 atom stereocenters. The maximum absolute atomic E-state index is 12.1. The van der Waals surface area contributed by atoms with Gasteiger partial charge in [0, 0.05) is 17.2 Å². The summed E-state index contributed by atoms with van der Waals surface area (Å²) in [6.45, 7) is 5.85. The third-order valence-corrected chi connectivity index (χ3v) is 4.70. The Morgan fingerprint density at radius 3 is 2.65 bits per heavy atom. The van der Waals surface area contributed by atoms with Gasteiger partial charge in [-0.25, -0.2) is 18.1 Å². The van der Waals surface area contributed by atoms with E-state index in [4.69, 9.17) is 11.6 Å². The quantitative estimate of drug-likeness (QED) is 0.764. The van der Waals surface area contributed by atoms with E-state index in [1.165, 1.54) is 12.3 Å². The summed E-state index contributed by atoms with van der Waals surface area (Å²) in [5.74, 6) is 0. The molecule has 0 fully saturated rings. The number of rotatable bonds is 5. The van der Waals surface area contributed by atoms with E-state index in [0.717, 1.165) is 0 Å². The monoisotopic (exact) mass is 384 g/mol. The highest BCUT2D eigenvalue weighted by Gasteiger charge is 2.22. The van der Waals surface area contributed by atoms with Crippen LogP contribution in [0.15, 0.2) is 21.6 Å². The van der Waals surface area contributed by atoms with Crippen molar-refractivity contribution in [2.45, 2.75) is 38.2 Å². The first-order valence-corrected chi connectivity index (χ1v) is 8.65. The van der Waals surface area contributed by atoms with Crippen molar-refractivity contribution in [3.8, 4) is 0 Å². The molecule has 0 spiro atoms. The molecule has 20 heavy (non-hydrogen) atoms. The van der Waals surface area contributed by atoms with Gasteiger partial charge >= 0.3 is 0 Å². The number of pyridine rings is 1. The standard InChI is InChI=1S/C12H18BrClN2O3S/c1-12(2,3)5-9(17)7-16-20(18,19)10-4-8(13)6-15-11(10)14/h4,6,9,16-17H,5,7H2,1-3H3. The molecule has 0 aliphatic rings. The van der Waals surface area contributed by atoms with Crippen LogP contribution in [0.25, 0.3) is 0 Å². The predicted molar refractivity (Wildman–Crippen MR) is 82.2 cm³/mol. The molecule has 1 unspecified atom stereocenters. The van der Waals surface area contributed by atoms with E-state index in [2.05, 4.69) is 25.6 Å². The Hall–Kier alpha value is -0.210. The second-order valence-corrected chi connectivity index (χ2v) is 8.72. The molecule has 0 aliphatic heterocycles. The van der Waals surface area contributed by atoms with Gasteiger partial charge in [-0.3, -0.25) is 0 Å². The van der Waals surface area contributed by atoms with Crippen LogP contribution in [0.2, 0.25) is 5.15 Å². The molecular weight excluding hydrogens is 368 g/mol. The lowest BCUT2D eigenvalue weighted by molar-refractivity contribution is 0.125. The van der Waals surface area contributed by atoms with Crippen LogP contribution in [0, 0.1) is 5.41 Å². The molecule has 2 N–H and O–H groups in total. The van der Waals surface area contributed by atoms with Crippen LogP contribution in [-0.2, 0) is 10.0 Å². The topological polar surface area (TPSA) is 79.3 Å². The van der Waals surface area contributed by atoms with Crippen molar-refractivity contribution in [1.29, 1.82) is 0 Å². The Bertz CT molecular complexity index is 573. The van der Waals surface area contributed by atoms with Crippen LogP contribution < -0.4 is 4.72 Å². The van der Waals surface area contributed by atoms with Gasteiger partial charge in [-0.15, -0.1) is 0 Å².